The molecular formula is C21H28O8. The Morgan fingerprint density at radius 2 is 0.862 bits per heavy atom. The molecule has 2 N–H and O–H groups in total. The molecule has 29 heavy (non-hydrogen) atoms. The van der Waals surface area contributed by atoms with Crippen LogP contribution in [-0.4, -0.2) is 52.9 Å². The maximum atomic E-state index is 10.4. The zero-order valence-electron chi connectivity index (χ0n) is 18.0. The Morgan fingerprint density at radius 3 is 1.10 bits per heavy atom. The fourth-order valence-electron chi connectivity index (χ4n) is 3.38. The van der Waals surface area contributed by atoms with Crippen molar-refractivity contribution < 1.29 is 38.6 Å². The highest BCUT2D eigenvalue weighted by atomic mass is 16.5. The Labute approximate surface area is 170 Å². The van der Waals surface area contributed by atoms with E-state index in [1.54, 1.807) is 12.1 Å². The Bertz CT molecular complexity index is 818. The van der Waals surface area contributed by atoms with E-state index in [1.165, 1.54) is 42.7 Å². The van der Waals surface area contributed by atoms with E-state index in [4.69, 9.17) is 28.4 Å². The topological polar surface area (TPSA) is 95.8 Å². The zero-order valence-corrected chi connectivity index (χ0v) is 18.0. The van der Waals surface area contributed by atoms with E-state index in [1.807, 2.05) is 13.8 Å². The summed E-state index contributed by atoms with van der Waals surface area (Å²) in [5.74, 6) is 1.08. The summed E-state index contributed by atoms with van der Waals surface area (Å²) in [5.41, 5.74) is 0.526. The van der Waals surface area contributed by atoms with Gasteiger partial charge in [-0.3, -0.25) is 0 Å². The molecule has 0 aliphatic carbocycles. The summed E-state index contributed by atoms with van der Waals surface area (Å²) in [5, 5.41) is 20.9. The molecule has 0 aliphatic heterocycles. The van der Waals surface area contributed by atoms with Gasteiger partial charge in [0.1, 0.15) is 0 Å². The second-order valence-electron chi connectivity index (χ2n) is 6.71. The molecule has 0 unspecified atom stereocenters. The van der Waals surface area contributed by atoms with E-state index in [2.05, 4.69) is 0 Å². The lowest BCUT2D eigenvalue weighted by Crippen LogP contribution is -2.22. The quantitative estimate of drug-likeness (QED) is 0.686. The summed E-state index contributed by atoms with van der Waals surface area (Å²) in [7, 11) is 8.73. The Hall–Kier alpha value is -3.16. The maximum absolute atomic E-state index is 10.4. The van der Waals surface area contributed by atoms with Crippen LogP contribution in [-0.2, 0) is 5.41 Å². The van der Waals surface area contributed by atoms with Crippen LogP contribution in [0.2, 0.25) is 0 Å². The van der Waals surface area contributed by atoms with E-state index in [-0.39, 0.29) is 34.5 Å². The molecule has 0 saturated carbocycles. The van der Waals surface area contributed by atoms with Crippen molar-refractivity contribution in [2.75, 3.05) is 42.7 Å². The fraction of sp³-hybridized carbons (Fsp3) is 0.429. The third-order valence-electron chi connectivity index (χ3n) is 4.95. The largest absolute Gasteiger partial charge is 0.502 e. The van der Waals surface area contributed by atoms with Crippen LogP contribution in [0.5, 0.6) is 46.0 Å². The summed E-state index contributed by atoms with van der Waals surface area (Å²) in [4.78, 5) is 0. The number of benzene rings is 2. The van der Waals surface area contributed by atoms with Crippen LogP contribution < -0.4 is 28.4 Å². The Kier molecular flexibility index (Phi) is 6.46. The van der Waals surface area contributed by atoms with E-state index in [9.17, 15) is 10.2 Å². The predicted molar refractivity (Wildman–Crippen MR) is 108 cm³/mol. The summed E-state index contributed by atoms with van der Waals surface area (Å²) < 4.78 is 32.5. The van der Waals surface area contributed by atoms with E-state index in [0.717, 1.165) is 0 Å². The van der Waals surface area contributed by atoms with Gasteiger partial charge >= 0.3 is 0 Å². The van der Waals surface area contributed by atoms with Crippen LogP contribution in [0.15, 0.2) is 12.1 Å². The zero-order chi connectivity index (χ0) is 21.9. The molecule has 0 saturated heterocycles. The second kappa shape index (κ2) is 8.46. The molecule has 8 heteroatoms. The molecule has 0 amide bonds. The van der Waals surface area contributed by atoms with Crippen LogP contribution >= 0.6 is 0 Å². The number of aromatic hydroxyl groups is 2. The van der Waals surface area contributed by atoms with Gasteiger partial charge in [0.05, 0.1) is 42.7 Å². The molecule has 2 aromatic rings. The molecule has 0 radical (unpaired) electrons. The highest BCUT2D eigenvalue weighted by Crippen LogP contribution is 2.55. The number of phenols is 2. The van der Waals surface area contributed by atoms with E-state index in [0.29, 0.717) is 22.6 Å². The number of phenolic OH excluding ortho intramolecular Hbond substituents is 2. The van der Waals surface area contributed by atoms with Crippen LogP contribution in [0.4, 0.5) is 0 Å². The number of methoxy groups -OCH3 is 6. The number of hydrogen-bond acceptors (Lipinski definition) is 8. The molecule has 8 nitrogen and oxygen atoms in total. The van der Waals surface area contributed by atoms with Crippen LogP contribution in [0.1, 0.15) is 25.0 Å². The van der Waals surface area contributed by atoms with Gasteiger partial charge in [-0.2, -0.15) is 0 Å². The van der Waals surface area contributed by atoms with Gasteiger partial charge < -0.3 is 38.6 Å². The predicted octanol–water partition coefficient (Wildman–Crippen LogP) is 3.48. The van der Waals surface area contributed by atoms with Crippen molar-refractivity contribution in [3.63, 3.8) is 0 Å². The molecule has 160 valence electrons. The van der Waals surface area contributed by atoms with Crippen LogP contribution in [0, 0.1) is 0 Å². The molecule has 0 aliphatic rings. The summed E-state index contributed by atoms with van der Waals surface area (Å²) in [6, 6.07) is 3.34. The highest BCUT2D eigenvalue weighted by molar-refractivity contribution is 5.69. The monoisotopic (exact) mass is 408 g/mol. The SMILES string of the molecule is COc1cc(C(C)(C)c2cc(OC)c(O)c(OC)c2OC)c(OC)c(OC)c1O. The number of ether oxygens (including phenoxy) is 6. The average Bonchev–Trinajstić information content (AvgIpc) is 2.72. The lowest BCUT2D eigenvalue weighted by molar-refractivity contribution is 0.304. The van der Waals surface area contributed by atoms with Gasteiger partial charge in [-0.1, -0.05) is 13.8 Å². The molecule has 2 aromatic carbocycles. The van der Waals surface area contributed by atoms with E-state index >= 15 is 0 Å². The number of hydrogen-bond donors (Lipinski definition) is 2. The van der Waals surface area contributed by atoms with Crippen molar-refractivity contribution in [3.05, 3.63) is 23.3 Å². The third-order valence-corrected chi connectivity index (χ3v) is 4.95. The molecule has 2 rings (SSSR count). The summed E-state index contributed by atoms with van der Waals surface area (Å²) in [6.45, 7) is 3.85. The van der Waals surface area contributed by atoms with Gasteiger partial charge in [-0.15, -0.1) is 0 Å². The van der Waals surface area contributed by atoms with Crippen molar-refractivity contribution in [2.24, 2.45) is 0 Å². The van der Waals surface area contributed by atoms with Crippen LogP contribution in [0.25, 0.3) is 0 Å². The highest BCUT2D eigenvalue weighted by Gasteiger charge is 2.36. The first-order valence-electron chi connectivity index (χ1n) is 8.78. The van der Waals surface area contributed by atoms with Gasteiger partial charge in [0.15, 0.2) is 23.0 Å². The van der Waals surface area contributed by atoms with Gasteiger partial charge in [0, 0.05) is 16.5 Å². The first kappa shape index (κ1) is 22.1. The number of rotatable bonds is 8. The van der Waals surface area contributed by atoms with Crippen molar-refractivity contribution >= 4 is 0 Å². The smallest absolute Gasteiger partial charge is 0.207 e. The minimum absolute atomic E-state index is 0.145. The molecule has 0 fully saturated rings. The van der Waals surface area contributed by atoms with Crippen molar-refractivity contribution in [2.45, 2.75) is 19.3 Å². The third kappa shape index (κ3) is 3.50. The molecule has 0 atom stereocenters. The average molecular weight is 408 g/mol. The Morgan fingerprint density at radius 1 is 0.552 bits per heavy atom. The molecule has 0 bridgehead atoms. The standard InChI is InChI=1S/C21H28O8/c1-21(2,11-9-13(24-3)15(22)19(28-7)17(11)26-5)12-10-14(25-4)16(23)20(29-8)18(12)27-6/h9-10,22-23H,1-8H3. The molecule has 0 heterocycles. The van der Waals surface area contributed by atoms with Gasteiger partial charge in [0.2, 0.25) is 23.0 Å². The summed E-state index contributed by atoms with van der Waals surface area (Å²) >= 11 is 0. The van der Waals surface area contributed by atoms with Gasteiger partial charge in [0.25, 0.3) is 0 Å². The first-order chi connectivity index (χ1) is 13.7. The second-order valence-corrected chi connectivity index (χ2v) is 6.71. The lowest BCUT2D eigenvalue weighted by Gasteiger charge is -2.31. The first-order valence-corrected chi connectivity index (χ1v) is 8.78. The summed E-state index contributed by atoms with van der Waals surface area (Å²) in [6.07, 6.45) is 0. The Balaban J connectivity index is 2.93. The van der Waals surface area contributed by atoms with Gasteiger partial charge in [-0.05, 0) is 12.1 Å². The van der Waals surface area contributed by atoms with Crippen molar-refractivity contribution in [1.82, 2.24) is 0 Å². The van der Waals surface area contributed by atoms with Crippen molar-refractivity contribution in [1.29, 1.82) is 0 Å². The molecular weight excluding hydrogens is 380 g/mol. The van der Waals surface area contributed by atoms with Gasteiger partial charge in [-0.25, -0.2) is 0 Å². The minimum atomic E-state index is -0.779. The van der Waals surface area contributed by atoms with Crippen molar-refractivity contribution in [3.8, 4) is 46.0 Å². The normalized spacial score (nSPS) is 11.0. The lowest BCUT2D eigenvalue weighted by atomic mass is 9.76. The fourth-order valence-corrected chi connectivity index (χ4v) is 3.38. The van der Waals surface area contributed by atoms with E-state index < -0.39 is 5.41 Å². The minimum Gasteiger partial charge on any atom is -0.502 e. The maximum Gasteiger partial charge on any atom is 0.207 e. The molecule has 0 aromatic heterocycles. The molecule has 0 spiro atoms. The van der Waals surface area contributed by atoms with Crippen LogP contribution in [0.3, 0.4) is 0 Å².